The first-order chi connectivity index (χ1) is 7.76. The number of nitrogens with one attached hydrogen (secondary N) is 2. The van der Waals surface area contributed by atoms with Gasteiger partial charge in [-0.15, -0.1) is 0 Å². The lowest BCUT2D eigenvalue weighted by Crippen LogP contribution is -2.44. The van der Waals surface area contributed by atoms with Crippen LogP contribution in [0.15, 0.2) is 0 Å². The zero-order valence-electron chi connectivity index (χ0n) is 11.8. The summed E-state index contributed by atoms with van der Waals surface area (Å²) in [5.74, 6) is 0.0790. The first kappa shape index (κ1) is 16.2. The fourth-order valence-electron chi connectivity index (χ4n) is 1.38. The van der Waals surface area contributed by atoms with E-state index in [0.29, 0.717) is 12.0 Å². The van der Waals surface area contributed by atoms with E-state index >= 15 is 0 Å². The molecule has 0 saturated carbocycles. The van der Waals surface area contributed by atoms with Crippen molar-refractivity contribution in [2.45, 2.75) is 53.5 Å². The lowest BCUT2D eigenvalue weighted by atomic mass is 9.91. The molecule has 0 fully saturated rings. The summed E-state index contributed by atoms with van der Waals surface area (Å²) in [4.78, 5) is 11.5. The standard InChI is InChI=1S/C13H28N2O2/c1-10(9-16)11(2)15-12(17)14-8-6-7-13(3,4)5/h10-11,16H,6-9H2,1-5H3,(H2,14,15,17). The molecule has 2 amide bonds. The van der Waals surface area contributed by atoms with Crippen molar-refractivity contribution >= 4 is 6.03 Å². The number of aliphatic hydroxyl groups excluding tert-OH is 1. The molecule has 0 aromatic heterocycles. The summed E-state index contributed by atoms with van der Waals surface area (Å²) >= 11 is 0. The number of carbonyl (C=O) groups excluding carboxylic acids is 1. The minimum absolute atomic E-state index is 0.0115. The molecule has 0 aromatic rings. The van der Waals surface area contributed by atoms with Gasteiger partial charge in [0.15, 0.2) is 0 Å². The summed E-state index contributed by atoms with van der Waals surface area (Å²) in [5.41, 5.74) is 0.316. The Balaban J connectivity index is 3.67. The smallest absolute Gasteiger partial charge is 0.315 e. The minimum Gasteiger partial charge on any atom is -0.396 e. The van der Waals surface area contributed by atoms with Crippen LogP contribution >= 0.6 is 0 Å². The first-order valence-electron chi connectivity index (χ1n) is 6.41. The second kappa shape index (κ2) is 7.54. The van der Waals surface area contributed by atoms with Crippen LogP contribution in [0.1, 0.15) is 47.5 Å². The second-order valence-electron chi connectivity index (χ2n) is 6.01. The van der Waals surface area contributed by atoms with Gasteiger partial charge in [0.2, 0.25) is 0 Å². The number of hydrogen-bond acceptors (Lipinski definition) is 2. The van der Waals surface area contributed by atoms with Gasteiger partial charge in [0.05, 0.1) is 0 Å². The van der Waals surface area contributed by atoms with Gasteiger partial charge in [0.1, 0.15) is 0 Å². The van der Waals surface area contributed by atoms with Gasteiger partial charge in [-0.05, 0) is 31.1 Å². The topological polar surface area (TPSA) is 61.4 Å². The molecule has 102 valence electrons. The Kier molecular flexibility index (Phi) is 7.19. The van der Waals surface area contributed by atoms with Crippen molar-refractivity contribution in [2.24, 2.45) is 11.3 Å². The molecule has 4 nitrogen and oxygen atoms in total. The van der Waals surface area contributed by atoms with Crippen LogP contribution in [0.4, 0.5) is 4.79 Å². The summed E-state index contributed by atoms with van der Waals surface area (Å²) < 4.78 is 0. The second-order valence-corrected chi connectivity index (χ2v) is 6.01. The van der Waals surface area contributed by atoms with E-state index in [9.17, 15) is 4.79 Å². The van der Waals surface area contributed by atoms with Crippen LogP contribution in [0.2, 0.25) is 0 Å². The number of amides is 2. The Morgan fingerprint density at radius 3 is 2.35 bits per heavy atom. The third-order valence-electron chi connectivity index (χ3n) is 2.89. The fourth-order valence-corrected chi connectivity index (χ4v) is 1.38. The van der Waals surface area contributed by atoms with Crippen LogP contribution in [-0.2, 0) is 0 Å². The Labute approximate surface area is 105 Å². The number of aliphatic hydroxyl groups is 1. The normalized spacial score (nSPS) is 15.2. The molecule has 2 unspecified atom stereocenters. The van der Waals surface area contributed by atoms with E-state index in [2.05, 4.69) is 31.4 Å². The van der Waals surface area contributed by atoms with E-state index in [1.165, 1.54) is 0 Å². The van der Waals surface area contributed by atoms with Crippen LogP contribution in [-0.4, -0.2) is 30.3 Å². The predicted molar refractivity (Wildman–Crippen MR) is 70.9 cm³/mol. The summed E-state index contributed by atoms with van der Waals surface area (Å²) in [7, 11) is 0. The van der Waals surface area contributed by atoms with Crippen molar-refractivity contribution in [1.82, 2.24) is 10.6 Å². The van der Waals surface area contributed by atoms with Crippen LogP contribution in [0.3, 0.4) is 0 Å². The van der Waals surface area contributed by atoms with Crippen LogP contribution in [0.25, 0.3) is 0 Å². The zero-order chi connectivity index (χ0) is 13.5. The van der Waals surface area contributed by atoms with Gasteiger partial charge in [-0.3, -0.25) is 0 Å². The van der Waals surface area contributed by atoms with Crippen molar-refractivity contribution in [3.63, 3.8) is 0 Å². The van der Waals surface area contributed by atoms with E-state index in [-0.39, 0.29) is 24.6 Å². The van der Waals surface area contributed by atoms with Crippen LogP contribution in [0.5, 0.6) is 0 Å². The highest BCUT2D eigenvalue weighted by molar-refractivity contribution is 5.74. The molecule has 4 heteroatoms. The van der Waals surface area contributed by atoms with Gasteiger partial charge in [0, 0.05) is 19.2 Å². The lowest BCUT2D eigenvalue weighted by molar-refractivity contribution is 0.200. The molecule has 0 heterocycles. The lowest BCUT2D eigenvalue weighted by Gasteiger charge is -2.20. The van der Waals surface area contributed by atoms with E-state index in [4.69, 9.17) is 5.11 Å². The Morgan fingerprint density at radius 2 is 1.88 bits per heavy atom. The van der Waals surface area contributed by atoms with Gasteiger partial charge in [-0.1, -0.05) is 27.7 Å². The Hall–Kier alpha value is -0.770. The molecule has 0 aliphatic rings. The molecule has 0 radical (unpaired) electrons. The van der Waals surface area contributed by atoms with Crippen molar-refractivity contribution < 1.29 is 9.90 Å². The highest BCUT2D eigenvalue weighted by atomic mass is 16.3. The molecule has 0 saturated heterocycles. The van der Waals surface area contributed by atoms with Crippen LogP contribution in [0, 0.1) is 11.3 Å². The molecule has 3 N–H and O–H groups in total. The number of rotatable bonds is 6. The van der Waals surface area contributed by atoms with Crippen molar-refractivity contribution in [1.29, 1.82) is 0 Å². The summed E-state index contributed by atoms with van der Waals surface area (Å²) in [6.45, 7) is 11.2. The molecule has 0 aromatic carbocycles. The molecular weight excluding hydrogens is 216 g/mol. The van der Waals surface area contributed by atoms with Gasteiger partial charge < -0.3 is 15.7 Å². The highest BCUT2D eigenvalue weighted by Gasteiger charge is 2.14. The Morgan fingerprint density at radius 1 is 1.29 bits per heavy atom. The van der Waals surface area contributed by atoms with Gasteiger partial charge in [-0.25, -0.2) is 4.79 Å². The zero-order valence-corrected chi connectivity index (χ0v) is 11.8. The molecule has 2 atom stereocenters. The quantitative estimate of drug-likeness (QED) is 0.627. The van der Waals surface area contributed by atoms with Gasteiger partial charge in [0.25, 0.3) is 0 Å². The summed E-state index contributed by atoms with van der Waals surface area (Å²) in [6.07, 6.45) is 2.08. The van der Waals surface area contributed by atoms with E-state index < -0.39 is 0 Å². The maximum atomic E-state index is 11.5. The van der Waals surface area contributed by atoms with Crippen molar-refractivity contribution in [3.05, 3.63) is 0 Å². The maximum absolute atomic E-state index is 11.5. The number of carbonyl (C=O) groups is 1. The van der Waals surface area contributed by atoms with E-state index in [1.54, 1.807) is 0 Å². The molecule has 0 spiro atoms. The van der Waals surface area contributed by atoms with Crippen LogP contribution < -0.4 is 10.6 Å². The maximum Gasteiger partial charge on any atom is 0.315 e. The molecule has 0 aliphatic carbocycles. The molecule has 0 aliphatic heterocycles. The molecule has 0 bridgehead atoms. The summed E-state index contributed by atoms with van der Waals surface area (Å²) in [5, 5.41) is 14.6. The first-order valence-corrected chi connectivity index (χ1v) is 6.41. The molecular formula is C13H28N2O2. The predicted octanol–water partition coefficient (Wildman–Crippen LogP) is 2.13. The molecule has 0 rings (SSSR count). The number of hydrogen-bond donors (Lipinski definition) is 3. The third-order valence-corrected chi connectivity index (χ3v) is 2.89. The highest BCUT2D eigenvalue weighted by Crippen LogP contribution is 2.19. The van der Waals surface area contributed by atoms with E-state index in [1.807, 2.05) is 13.8 Å². The van der Waals surface area contributed by atoms with Crippen molar-refractivity contribution in [3.8, 4) is 0 Å². The molecule has 17 heavy (non-hydrogen) atoms. The average molecular weight is 244 g/mol. The van der Waals surface area contributed by atoms with Gasteiger partial charge in [-0.2, -0.15) is 0 Å². The Bertz CT molecular complexity index is 224. The minimum atomic E-state index is -0.147. The monoisotopic (exact) mass is 244 g/mol. The summed E-state index contributed by atoms with van der Waals surface area (Å²) in [6, 6.07) is -0.158. The largest absolute Gasteiger partial charge is 0.396 e. The van der Waals surface area contributed by atoms with Crippen molar-refractivity contribution in [2.75, 3.05) is 13.2 Å². The van der Waals surface area contributed by atoms with E-state index in [0.717, 1.165) is 12.8 Å². The van der Waals surface area contributed by atoms with Gasteiger partial charge >= 0.3 is 6.03 Å². The SMILES string of the molecule is CC(CO)C(C)NC(=O)NCCCC(C)(C)C. The fraction of sp³-hybridized carbons (Fsp3) is 0.923. The third kappa shape index (κ3) is 8.98. The average Bonchev–Trinajstić information content (AvgIpc) is 2.21. The number of urea groups is 1.